The summed E-state index contributed by atoms with van der Waals surface area (Å²) in [5.41, 5.74) is 2.71. The number of anilines is 1. The number of sulfonamides is 1. The number of thiophene rings is 1. The maximum atomic E-state index is 13.5. The highest BCUT2D eigenvalue weighted by atomic mass is 32.2. The van der Waals surface area contributed by atoms with Crippen LogP contribution in [0, 0.1) is 0 Å². The predicted molar refractivity (Wildman–Crippen MR) is 140 cm³/mol. The van der Waals surface area contributed by atoms with Crippen molar-refractivity contribution in [3.8, 4) is 0 Å². The molecular weight excluding hydrogens is 482 g/mol. The topological polar surface area (TPSA) is 99.6 Å². The fourth-order valence-corrected chi connectivity index (χ4v) is 6.35. The molecule has 0 radical (unpaired) electrons. The van der Waals surface area contributed by atoms with Crippen molar-refractivity contribution in [1.29, 1.82) is 0 Å². The van der Waals surface area contributed by atoms with Crippen LogP contribution in [0.4, 0.5) is 5.82 Å². The number of nitrogens with zero attached hydrogens (tertiary/aromatic N) is 2. The highest BCUT2D eigenvalue weighted by molar-refractivity contribution is 7.91. The molecule has 35 heavy (non-hydrogen) atoms. The zero-order chi connectivity index (χ0) is 25.5. The van der Waals surface area contributed by atoms with E-state index in [1.54, 1.807) is 35.7 Å². The van der Waals surface area contributed by atoms with E-state index in [4.69, 9.17) is 5.11 Å². The monoisotopic (exact) mass is 515 g/mol. The van der Waals surface area contributed by atoms with E-state index in [2.05, 4.69) is 43.2 Å². The van der Waals surface area contributed by atoms with Crippen molar-refractivity contribution in [3.63, 3.8) is 0 Å². The lowest BCUT2D eigenvalue weighted by atomic mass is 9.80. The van der Waals surface area contributed by atoms with Crippen molar-refractivity contribution in [3.05, 3.63) is 76.8 Å². The van der Waals surface area contributed by atoms with Gasteiger partial charge in [0.1, 0.15) is 16.6 Å². The number of nitrogens with one attached hydrogen (secondary N) is 1. The van der Waals surface area contributed by atoms with Crippen LogP contribution in [-0.2, 0) is 33.3 Å². The van der Waals surface area contributed by atoms with Gasteiger partial charge in [-0.25, -0.2) is 13.4 Å². The molecule has 1 aromatic carbocycles. The van der Waals surface area contributed by atoms with Gasteiger partial charge in [-0.05, 0) is 46.5 Å². The van der Waals surface area contributed by atoms with Crippen LogP contribution in [0.1, 0.15) is 56.9 Å². The molecule has 0 aliphatic rings. The molecule has 2 N–H and O–H groups in total. The Morgan fingerprint density at radius 1 is 1.09 bits per heavy atom. The number of pyridine rings is 1. The Bertz CT molecular complexity index is 1210. The third-order valence-electron chi connectivity index (χ3n) is 5.90. The second-order valence-electron chi connectivity index (χ2n) is 9.15. The number of benzene rings is 1. The average Bonchev–Trinajstić information content (AvgIpc) is 3.38. The van der Waals surface area contributed by atoms with Crippen LogP contribution in [0.2, 0.25) is 0 Å². The molecule has 9 heteroatoms. The van der Waals surface area contributed by atoms with Gasteiger partial charge in [-0.3, -0.25) is 4.79 Å². The van der Waals surface area contributed by atoms with Gasteiger partial charge in [0.2, 0.25) is 0 Å². The van der Waals surface area contributed by atoms with Crippen molar-refractivity contribution in [2.24, 2.45) is 0 Å². The first-order valence-electron chi connectivity index (χ1n) is 11.7. The lowest BCUT2D eigenvalue weighted by molar-refractivity contribution is -0.134. The molecule has 2 heterocycles. The number of carboxylic acids is 1. The molecule has 7 nitrogen and oxygen atoms in total. The van der Waals surface area contributed by atoms with Crippen LogP contribution in [-0.4, -0.2) is 35.3 Å². The van der Waals surface area contributed by atoms with Gasteiger partial charge in [0, 0.05) is 6.54 Å². The van der Waals surface area contributed by atoms with Gasteiger partial charge in [0.25, 0.3) is 10.0 Å². The largest absolute Gasteiger partial charge is 0.480 e. The summed E-state index contributed by atoms with van der Waals surface area (Å²) in [4.78, 5) is 15.3. The van der Waals surface area contributed by atoms with Crippen molar-refractivity contribution in [1.82, 2.24) is 9.29 Å². The van der Waals surface area contributed by atoms with E-state index in [9.17, 15) is 13.2 Å². The van der Waals surface area contributed by atoms with Gasteiger partial charge in [-0.1, -0.05) is 70.0 Å². The van der Waals surface area contributed by atoms with E-state index in [1.807, 2.05) is 12.1 Å². The molecule has 0 saturated heterocycles. The van der Waals surface area contributed by atoms with E-state index < -0.39 is 16.0 Å². The summed E-state index contributed by atoms with van der Waals surface area (Å²) in [6.07, 6.45) is 3.41. The number of carbonyl (C=O) groups is 1. The van der Waals surface area contributed by atoms with E-state index in [0.29, 0.717) is 11.5 Å². The molecule has 0 amide bonds. The summed E-state index contributed by atoms with van der Waals surface area (Å²) in [7, 11) is -3.75. The number of carboxylic acid groups (broad SMARTS) is 1. The zero-order valence-corrected chi connectivity index (χ0v) is 22.0. The van der Waals surface area contributed by atoms with Crippen molar-refractivity contribution in [2.45, 2.75) is 62.7 Å². The molecule has 0 unspecified atom stereocenters. The molecule has 0 aliphatic carbocycles. The van der Waals surface area contributed by atoms with Crippen molar-refractivity contribution >= 4 is 33.1 Å². The smallest absolute Gasteiger partial charge is 0.322 e. The lowest BCUT2D eigenvalue weighted by Crippen LogP contribution is -2.30. The second-order valence-corrected chi connectivity index (χ2v) is 12.3. The molecule has 0 spiro atoms. The standard InChI is InChI=1S/C26H33N3O4S2/c1-4-5-15-26(2,3)21-13-11-20(12-14-21)18-29(35(32,33)25-10-7-16-34-25)19-22-8-6-9-23(28-22)27-17-24(30)31/h6-14,16H,4-5,15,17-19H2,1-3H3,(H,27,28)(H,30,31). The van der Waals surface area contributed by atoms with Gasteiger partial charge in [-0.2, -0.15) is 4.31 Å². The molecule has 0 bridgehead atoms. The Hall–Kier alpha value is -2.75. The van der Waals surface area contributed by atoms with Gasteiger partial charge >= 0.3 is 5.97 Å². The number of rotatable bonds is 13. The third-order valence-corrected chi connectivity index (χ3v) is 9.07. The van der Waals surface area contributed by atoms with Crippen molar-refractivity contribution in [2.75, 3.05) is 11.9 Å². The Labute approximate surface area is 211 Å². The zero-order valence-electron chi connectivity index (χ0n) is 20.4. The summed E-state index contributed by atoms with van der Waals surface area (Å²) in [6.45, 7) is 6.66. The summed E-state index contributed by atoms with van der Waals surface area (Å²) in [6, 6.07) is 16.6. The predicted octanol–water partition coefficient (Wildman–Crippen LogP) is 5.50. The van der Waals surface area contributed by atoms with E-state index in [1.165, 1.54) is 21.2 Å². The van der Waals surface area contributed by atoms with E-state index in [-0.39, 0.29) is 29.3 Å². The maximum Gasteiger partial charge on any atom is 0.322 e. The quantitative estimate of drug-likeness (QED) is 0.312. The first-order valence-corrected chi connectivity index (χ1v) is 14.0. The second kappa shape index (κ2) is 11.8. The first kappa shape index (κ1) is 26.8. The van der Waals surface area contributed by atoms with Gasteiger partial charge < -0.3 is 10.4 Å². The third kappa shape index (κ3) is 7.37. The molecule has 3 rings (SSSR count). The number of aromatic nitrogens is 1. The Balaban J connectivity index is 1.85. The highest BCUT2D eigenvalue weighted by Gasteiger charge is 2.27. The van der Waals surface area contributed by atoms with Gasteiger partial charge in [-0.15, -0.1) is 11.3 Å². The Morgan fingerprint density at radius 2 is 1.83 bits per heavy atom. The molecule has 0 saturated carbocycles. The molecule has 2 aromatic heterocycles. The van der Waals surface area contributed by atoms with E-state index >= 15 is 0 Å². The SMILES string of the molecule is CCCCC(C)(C)c1ccc(CN(Cc2cccc(NCC(=O)O)n2)S(=O)(=O)c2cccs2)cc1. The molecule has 3 aromatic rings. The normalized spacial score (nSPS) is 12.1. The van der Waals surface area contributed by atoms with Crippen LogP contribution in [0.5, 0.6) is 0 Å². The fraction of sp³-hybridized carbons (Fsp3) is 0.385. The lowest BCUT2D eigenvalue weighted by Gasteiger charge is -2.26. The number of unbranched alkanes of at least 4 members (excludes halogenated alkanes) is 1. The fourth-order valence-electron chi connectivity index (χ4n) is 3.80. The highest BCUT2D eigenvalue weighted by Crippen LogP contribution is 2.30. The summed E-state index contributed by atoms with van der Waals surface area (Å²) >= 11 is 1.18. The summed E-state index contributed by atoms with van der Waals surface area (Å²) in [5, 5.41) is 13.4. The average molecular weight is 516 g/mol. The van der Waals surface area contributed by atoms with E-state index in [0.717, 1.165) is 24.8 Å². The summed E-state index contributed by atoms with van der Waals surface area (Å²) in [5.74, 6) is -0.613. The van der Waals surface area contributed by atoms with Crippen molar-refractivity contribution < 1.29 is 18.3 Å². The Kier molecular flexibility index (Phi) is 9.04. The number of aliphatic carboxylic acids is 1. The molecule has 0 atom stereocenters. The van der Waals surface area contributed by atoms with Crippen LogP contribution in [0.25, 0.3) is 0 Å². The van der Waals surface area contributed by atoms with Gasteiger partial charge in [0.05, 0.1) is 12.2 Å². The number of hydrogen-bond donors (Lipinski definition) is 2. The molecular formula is C26H33N3O4S2. The minimum absolute atomic E-state index is 0.0601. The molecule has 0 aliphatic heterocycles. The minimum atomic E-state index is -3.75. The Morgan fingerprint density at radius 3 is 2.46 bits per heavy atom. The minimum Gasteiger partial charge on any atom is -0.480 e. The van der Waals surface area contributed by atoms with Crippen LogP contribution in [0.15, 0.2) is 64.2 Å². The molecule has 188 valence electrons. The molecule has 0 fully saturated rings. The van der Waals surface area contributed by atoms with Crippen LogP contribution in [0.3, 0.4) is 0 Å². The maximum absolute atomic E-state index is 13.5. The van der Waals surface area contributed by atoms with Crippen LogP contribution >= 0.6 is 11.3 Å². The summed E-state index contributed by atoms with van der Waals surface area (Å²) < 4.78 is 28.6. The van der Waals surface area contributed by atoms with Crippen LogP contribution < -0.4 is 5.32 Å². The first-order chi connectivity index (χ1) is 16.6. The van der Waals surface area contributed by atoms with Gasteiger partial charge in [0.15, 0.2) is 0 Å². The number of hydrogen-bond acceptors (Lipinski definition) is 6.